The van der Waals surface area contributed by atoms with Gasteiger partial charge in [0.1, 0.15) is 5.39 Å². The molecule has 7 heteroatoms. The molecule has 0 atom stereocenters. The molecule has 0 aromatic carbocycles. The monoisotopic (exact) mass is 207 g/mol. The fourth-order valence-corrected chi connectivity index (χ4v) is 1.52. The summed E-state index contributed by atoms with van der Waals surface area (Å²) in [7, 11) is 0. The van der Waals surface area contributed by atoms with Gasteiger partial charge in [0.25, 0.3) is 5.56 Å². The van der Waals surface area contributed by atoms with Crippen LogP contribution in [0.3, 0.4) is 0 Å². The summed E-state index contributed by atoms with van der Waals surface area (Å²) in [5.41, 5.74) is 0.193. The molecule has 0 saturated carbocycles. The third-order valence-electron chi connectivity index (χ3n) is 1.57. The minimum absolute atomic E-state index is 0.246. The fraction of sp³-hybridized carbons (Fsp3) is 0.143. The van der Waals surface area contributed by atoms with E-state index in [-0.39, 0.29) is 11.3 Å². The topological polar surface area (TPSA) is 98.2 Å². The van der Waals surface area contributed by atoms with E-state index in [9.17, 15) is 4.79 Å². The molecule has 0 amide bonds. The van der Waals surface area contributed by atoms with E-state index in [1.807, 2.05) is 6.07 Å². The molecule has 2 aromatic heterocycles. The summed E-state index contributed by atoms with van der Waals surface area (Å²) in [4.78, 5) is 18.0. The highest BCUT2D eigenvalue weighted by atomic mass is 32.2. The van der Waals surface area contributed by atoms with Crippen molar-refractivity contribution in [2.24, 2.45) is 0 Å². The van der Waals surface area contributed by atoms with Crippen LogP contribution in [-0.4, -0.2) is 25.9 Å². The van der Waals surface area contributed by atoms with Gasteiger partial charge in [-0.3, -0.25) is 9.89 Å². The Hall–Kier alpha value is -1.81. The summed E-state index contributed by atoms with van der Waals surface area (Å²) >= 11 is 1.18. The van der Waals surface area contributed by atoms with E-state index < -0.39 is 0 Å². The van der Waals surface area contributed by atoms with Crippen molar-refractivity contribution in [3.63, 3.8) is 0 Å². The van der Waals surface area contributed by atoms with Crippen molar-refractivity contribution in [3.8, 4) is 6.07 Å². The first-order chi connectivity index (χ1) is 6.81. The first-order valence-corrected chi connectivity index (χ1v) is 4.73. The molecule has 2 N–H and O–H groups in total. The van der Waals surface area contributed by atoms with Gasteiger partial charge in [0.2, 0.25) is 0 Å². The van der Waals surface area contributed by atoms with Crippen LogP contribution in [-0.2, 0) is 0 Å². The lowest BCUT2D eigenvalue weighted by molar-refractivity contribution is 0.960. The number of hydrogen-bond acceptors (Lipinski definition) is 5. The second kappa shape index (κ2) is 3.51. The number of aromatic nitrogens is 4. The average molecular weight is 207 g/mol. The van der Waals surface area contributed by atoms with E-state index in [4.69, 9.17) is 5.26 Å². The quantitative estimate of drug-likeness (QED) is 0.543. The number of H-pyrrole nitrogens is 2. The normalized spacial score (nSPS) is 10.2. The van der Waals surface area contributed by atoms with E-state index in [0.717, 1.165) is 0 Å². The van der Waals surface area contributed by atoms with Crippen LogP contribution in [0.1, 0.15) is 0 Å². The number of rotatable bonds is 2. The molecule has 0 radical (unpaired) electrons. The predicted octanol–water partition coefficient (Wildman–Crippen LogP) is 0.262. The second-order valence-corrected chi connectivity index (χ2v) is 3.41. The molecule has 70 valence electrons. The van der Waals surface area contributed by atoms with Gasteiger partial charge in [0, 0.05) is 0 Å². The third kappa shape index (κ3) is 1.47. The van der Waals surface area contributed by atoms with Crippen molar-refractivity contribution in [1.29, 1.82) is 5.26 Å². The number of thioether (sulfide) groups is 1. The van der Waals surface area contributed by atoms with Gasteiger partial charge in [-0.2, -0.15) is 10.4 Å². The Bertz CT molecular complexity index is 551. The molecular formula is C7H5N5OS. The van der Waals surface area contributed by atoms with Crippen LogP contribution < -0.4 is 5.56 Å². The summed E-state index contributed by atoms with van der Waals surface area (Å²) in [6, 6.07) is 1.95. The van der Waals surface area contributed by atoms with E-state index >= 15 is 0 Å². The molecule has 0 spiro atoms. The summed E-state index contributed by atoms with van der Waals surface area (Å²) < 4.78 is 0. The van der Waals surface area contributed by atoms with Crippen molar-refractivity contribution < 1.29 is 0 Å². The zero-order valence-electron chi connectivity index (χ0n) is 6.94. The second-order valence-electron chi connectivity index (χ2n) is 2.45. The molecule has 6 nitrogen and oxygen atoms in total. The third-order valence-corrected chi connectivity index (χ3v) is 2.31. The summed E-state index contributed by atoms with van der Waals surface area (Å²) in [5, 5.41) is 15.5. The summed E-state index contributed by atoms with van der Waals surface area (Å²) in [5.74, 6) is 0.253. The van der Waals surface area contributed by atoms with Crippen molar-refractivity contribution >= 4 is 22.8 Å². The molecule has 2 heterocycles. The summed E-state index contributed by atoms with van der Waals surface area (Å²) in [6.07, 6.45) is 1.42. The molecule has 0 aliphatic rings. The number of nitrogens with zero attached hydrogens (tertiary/aromatic N) is 3. The standard InChI is InChI=1S/C7H5N5OS/c8-1-2-14-7-10-5-4(3-9-12-5)6(13)11-7/h3H,2H2,(H2,9,10,11,12,13). The first-order valence-electron chi connectivity index (χ1n) is 3.74. The number of nitriles is 1. The van der Waals surface area contributed by atoms with Gasteiger partial charge in [0.05, 0.1) is 18.0 Å². The van der Waals surface area contributed by atoms with Crippen LogP contribution in [0.25, 0.3) is 11.0 Å². The molecule has 14 heavy (non-hydrogen) atoms. The lowest BCUT2D eigenvalue weighted by atomic mass is 10.4. The molecule has 2 aromatic rings. The average Bonchev–Trinajstić information content (AvgIpc) is 2.63. The number of hydrogen-bond donors (Lipinski definition) is 2. The number of aromatic amines is 2. The predicted molar refractivity (Wildman–Crippen MR) is 50.8 cm³/mol. The van der Waals surface area contributed by atoms with Gasteiger partial charge in [0.15, 0.2) is 10.8 Å². The van der Waals surface area contributed by atoms with Crippen molar-refractivity contribution in [3.05, 3.63) is 16.6 Å². The Balaban J connectivity index is 2.49. The molecule has 0 unspecified atom stereocenters. The highest BCUT2D eigenvalue weighted by Gasteiger charge is 2.04. The lowest BCUT2D eigenvalue weighted by Crippen LogP contribution is -2.08. The fourth-order valence-electron chi connectivity index (χ4n) is 0.994. The largest absolute Gasteiger partial charge is 0.301 e. The van der Waals surface area contributed by atoms with Crippen molar-refractivity contribution in [1.82, 2.24) is 20.2 Å². The molecular weight excluding hydrogens is 202 g/mol. The van der Waals surface area contributed by atoms with Crippen LogP contribution >= 0.6 is 11.8 Å². The molecule has 0 saturated heterocycles. The van der Waals surface area contributed by atoms with E-state index in [1.165, 1.54) is 18.0 Å². The van der Waals surface area contributed by atoms with Crippen molar-refractivity contribution in [2.45, 2.75) is 5.16 Å². The highest BCUT2D eigenvalue weighted by molar-refractivity contribution is 7.99. The smallest absolute Gasteiger partial charge is 0.262 e. The lowest BCUT2D eigenvalue weighted by Gasteiger charge is -1.94. The Labute approximate surface area is 82.4 Å². The van der Waals surface area contributed by atoms with Crippen LogP contribution in [0, 0.1) is 11.3 Å². The van der Waals surface area contributed by atoms with Gasteiger partial charge in [-0.15, -0.1) is 0 Å². The minimum atomic E-state index is -0.246. The van der Waals surface area contributed by atoms with E-state index in [0.29, 0.717) is 16.2 Å². The van der Waals surface area contributed by atoms with Crippen LogP contribution in [0.5, 0.6) is 0 Å². The first kappa shape index (κ1) is 8.77. The molecule has 0 aliphatic heterocycles. The van der Waals surface area contributed by atoms with Gasteiger partial charge < -0.3 is 4.98 Å². The Kier molecular flexibility index (Phi) is 2.20. The Morgan fingerprint density at radius 1 is 1.64 bits per heavy atom. The number of nitrogens with one attached hydrogen (secondary N) is 2. The molecule has 0 bridgehead atoms. The van der Waals surface area contributed by atoms with Crippen LogP contribution in [0.15, 0.2) is 16.1 Å². The SMILES string of the molecule is N#CCSc1nc2[nH]ncc2c(=O)[nH]1. The molecule has 2 rings (SSSR count). The molecule has 0 aliphatic carbocycles. The van der Waals surface area contributed by atoms with Gasteiger partial charge >= 0.3 is 0 Å². The summed E-state index contributed by atoms with van der Waals surface area (Å²) in [6.45, 7) is 0. The van der Waals surface area contributed by atoms with Gasteiger partial charge in [-0.1, -0.05) is 11.8 Å². The maximum absolute atomic E-state index is 11.4. The molecule has 0 fully saturated rings. The maximum Gasteiger partial charge on any atom is 0.262 e. The van der Waals surface area contributed by atoms with E-state index in [2.05, 4.69) is 20.2 Å². The van der Waals surface area contributed by atoms with E-state index in [1.54, 1.807) is 0 Å². The van der Waals surface area contributed by atoms with Crippen LogP contribution in [0.4, 0.5) is 0 Å². The van der Waals surface area contributed by atoms with Gasteiger partial charge in [-0.25, -0.2) is 4.98 Å². The van der Waals surface area contributed by atoms with Crippen LogP contribution in [0.2, 0.25) is 0 Å². The zero-order valence-corrected chi connectivity index (χ0v) is 7.76. The highest BCUT2D eigenvalue weighted by Crippen LogP contribution is 2.11. The Morgan fingerprint density at radius 3 is 3.29 bits per heavy atom. The van der Waals surface area contributed by atoms with Crippen molar-refractivity contribution in [2.75, 3.05) is 5.75 Å². The number of fused-ring (bicyclic) bond motifs is 1. The minimum Gasteiger partial charge on any atom is -0.301 e. The zero-order chi connectivity index (χ0) is 9.97. The Morgan fingerprint density at radius 2 is 2.50 bits per heavy atom. The maximum atomic E-state index is 11.4. The van der Waals surface area contributed by atoms with Gasteiger partial charge in [-0.05, 0) is 0 Å².